The normalized spacial score (nSPS) is 21.4. The van der Waals surface area contributed by atoms with Crippen LogP contribution in [-0.4, -0.2) is 62.9 Å². The minimum absolute atomic E-state index is 0.235. The number of amides is 2. The Morgan fingerprint density at radius 1 is 1.12 bits per heavy atom. The van der Waals surface area contributed by atoms with E-state index in [1.165, 1.54) is 0 Å². The Hall–Kier alpha value is -2.91. The first-order chi connectivity index (χ1) is 15.9. The number of hydrogen-bond donors (Lipinski definition) is 1. The van der Waals surface area contributed by atoms with Crippen LogP contribution in [0.3, 0.4) is 0 Å². The van der Waals surface area contributed by atoms with Gasteiger partial charge < -0.3 is 14.1 Å². The molecule has 8 nitrogen and oxygen atoms in total. The highest BCUT2D eigenvalue weighted by atomic mass is 32.2. The van der Waals surface area contributed by atoms with Gasteiger partial charge in [0.1, 0.15) is 11.3 Å². The van der Waals surface area contributed by atoms with Gasteiger partial charge in [-0.15, -0.1) is 0 Å². The molecule has 3 aromatic rings. The van der Waals surface area contributed by atoms with E-state index in [1.807, 2.05) is 30.3 Å². The topological polar surface area (TPSA) is 106 Å². The van der Waals surface area contributed by atoms with Gasteiger partial charge in [0.2, 0.25) is 11.8 Å². The monoisotopic (exact) mass is 470 g/mol. The Bertz CT molecular complexity index is 1320. The number of carbonyl (C=O) groups is 2. The van der Waals surface area contributed by atoms with Gasteiger partial charge in [-0.05, 0) is 47.9 Å². The Kier molecular flexibility index (Phi) is 5.84. The first-order valence-corrected chi connectivity index (χ1v) is 13.0. The van der Waals surface area contributed by atoms with E-state index in [-0.39, 0.29) is 23.3 Å². The van der Waals surface area contributed by atoms with Gasteiger partial charge in [-0.3, -0.25) is 14.9 Å². The zero-order chi connectivity index (χ0) is 23.0. The van der Waals surface area contributed by atoms with Crippen LogP contribution in [0, 0.1) is 0 Å². The van der Waals surface area contributed by atoms with E-state index in [0.717, 1.165) is 40.4 Å². The van der Waals surface area contributed by atoms with Gasteiger partial charge in [0.25, 0.3) is 0 Å². The van der Waals surface area contributed by atoms with Crippen LogP contribution < -0.4 is 10.1 Å². The zero-order valence-electron chi connectivity index (χ0n) is 18.2. The molecular formula is C24H26N2O6S. The molecule has 2 aliphatic heterocycles. The van der Waals surface area contributed by atoms with E-state index >= 15 is 0 Å². The Balaban J connectivity index is 1.28. The van der Waals surface area contributed by atoms with Gasteiger partial charge in [0, 0.05) is 37.0 Å². The molecule has 0 saturated carbocycles. The number of fused-ring (bicyclic) bond motifs is 3. The molecule has 0 spiro atoms. The van der Waals surface area contributed by atoms with Crippen molar-refractivity contribution in [1.82, 2.24) is 10.2 Å². The smallest absolute Gasteiger partial charge is 0.234 e. The molecule has 9 heteroatoms. The predicted molar refractivity (Wildman–Crippen MR) is 124 cm³/mol. The highest BCUT2D eigenvalue weighted by Crippen LogP contribution is 2.37. The number of ether oxygens (including phenoxy) is 1. The Labute approximate surface area is 191 Å². The molecule has 2 fully saturated rings. The fourth-order valence-corrected chi connectivity index (χ4v) is 5.94. The molecule has 33 heavy (non-hydrogen) atoms. The average molecular weight is 471 g/mol. The van der Waals surface area contributed by atoms with Crippen molar-refractivity contribution < 1.29 is 27.2 Å². The second-order valence-corrected chi connectivity index (χ2v) is 11.0. The summed E-state index contributed by atoms with van der Waals surface area (Å²) in [5.41, 5.74) is 1.51. The SMILES string of the molecule is O=C1CC[C@@H](c2coc3ccc4cc(OCCCN5CCS(=O)(=O)CC5)ccc4c23)C(=O)N1. The number of carbonyl (C=O) groups excluding carboxylic acids is 2. The van der Waals surface area contributed by atoms with Gasteiger partial charge in [-0.2, -0.15) is 0 Å². The Morgan fingerprint density at radius 3 is 2.73 bits per heavy atom. The maximum Gasteiger partial charge on any atom is 0.234 e. The lowest BCUT2D eigenvalue weighted by Gasteiger charge is -2.26. The number of imide groups is 1. The maximum absolute atomic E-state index is 12.4. The van der Waals surface area contributed by atoms with Crippen LogP contribution in [0.5, 0.6) is 5.75 Å². The van der Waals surface area contributed by atoms with Crippen LogP contribution in [0.1, 0.15) is 30.7 Å². The molecule has 2 saturated heterocycles. The number of nitrogens with zero attached hydrogens (tertiary/aromatic N) is 1. The molecule has 3 heterocycles. The molecule has 0 aliphatic carbocycles. The summed E-state index contributed by atoms with van der Waals surface area (Å²) in [7, 11) is -2.85. The van der Waals surface area contributed by atoms with Gasteiger partial charge in [-0.25, -0.2) is 8.42 Å². The molecule has 0 bridgehead atoms. The maximum atomic E-state index is 12.4. The molecule has 1 N–H and O–H groups in total. The van der Waals surface area contributed by atoms with E-state index in [2.05, 4.69) is 10.2 Å². The van der Waals surface area contributed by atoms with E-state index in [0.29, 0.717) is 38.1 Å². The van der Waals surface area contributed by atoms with Crippen LogP contribution >= 0.6 is 0 Å². The van der Waals surface area contributed by atoms with Crippen LogP contribution in [0.2, 0.25) is 0 Å². The fourth-order valence-electron chi connectivity index (χ4n) is 4.66. The summed E-state index contributed by atoms with van der Waals surface area (Å²) in [5, 5.41) is 5.28. The molecule has 1 atom stereocenters. The lowest BCUT2D eigenvalue weighted by molar-refractivity contribution is -0.134. The molecular weight excluding hydrogens is 444 g/mol. The molecule has 1 aromatic heterocycles. The number of piperidine rings is 1. The second kappa shape index (κ2) is 8.79. The summed E-state index contributed by atoms with van der Waals surface area (Å²) in [6, 6.07) is 9.73. The molecule has 0 radical (unpaired) electrons. The molecule has 5 rings (SSSR count). The minimum Gasteiger partial charge on any atom is -0.494 e. The second-order valence-electron chi connectivity index (χ2n) is 8.71. The van der Waals surface area contributed by atoms with E-state index in [9.17, 15) is 18.0 Å². The summed E-state index contributed by atoms with van der Waals surface area (Å²) in [6.07, 6.45) is 3.23. The fraction of sp³-hybridized carbons (Fsp3) is 0.417. The summed E-state index contributed by atoms with van der Waals surface area (Å²) >= 11 is 0. The van der Waals surface area contributed by atoms with E-state index < -0.39 is 15.8 Å². The number of furan rings is 1. The third kappa shape index (κ3) is 4.60. The lowest BCUT2D eigenvalue weighted by Crippen LogP contribution is -2.40. The van der Waals surface area contributed by atoms with Gasteiger partial charge in [0.15, 0.2) is 9.84 Å². The van der Waals surface area contributed by atoms with Crippen LogP contribution in [0.25, 0.3) is 21.7 Å². The molecule has 2 aliphatic rings. The largest absolute Gasteiger partial charge is 0.494 e. The van der Waals surface area contributed by atoms with Gasteiger partial charge in [-0.1, -0.05) is 6.07 Å². The minimum atomic E-state index is -2.85. The number of hydrogen-bond acceptors (Lipinski definition) is 7. The first-order valence-electron chi connectivity index (χ1n) is 11.2. The summed E-state index contributed by atoms with van der Waals surface area (Å²) in [6.45, 7) is 2.54. The van der Waals surface area contributed by atoms with Crippen molar-refractivity contribution in [2.45, 2.75) is 25.2 Å². The van der Waals surface area contributed by atoms with Crippen LogP contribution in [-0.2, 0) is 19.4 Å². The standard InChI is InChI=1S/C24H26N2O6S/c27-22-7-5-19(24(28)25-22)20-15-32-21-6-2-16-14-17(3-4-18(16)23(20)21)31-11-1-8-26-9-12-33(29,30)13-10-26/h2-4,6,14-15,19H,1,5,7-13H2,(H,25,27,28)/t19-/m0/s1. The van der Waals surface area contributed by atoms with Crippen molar-refractivity contribution in [1.29, 1.82) is 0 Å². The first kappa shape index (κ1) is 21.9. The number of nitrogens with one attached hydrogen (secondary N) is 1. The van der Waals surface area contributed by atoms with Crippen LogP contribution in [0.15, 0.2) is 41.0 Å². The van der Waals surface area contributed by atoms with Crippen molar-refractivity contribution >= 4 is 43.4 Å². The molecule has 2 aromatic carbocycles. The van der Waals surface area contributed by atoms with Crippen molar-refractivity contribution in [3.63, 3.8) is 0 Å². The van der Waals surface area contributed by atoms with Crippen molar-refractivity contribution in [2.24, 2.45) is 0 Å². The summed E-state index contributed by atoms with van der Waals surface area (Å²) in [5.74, 6) is 0.312. The molecule has 0 unspecified atom stereocenters. The van der Waals surface area contributed by atoms with Gasteiger partial charge >= 0.3 is 0 Å². The highest BCUT2D eigenvalue weighted by Gasteiger charge is 2.31. The predicted octanol–water partition coefficient (Wildman–Crippen LogP) is 2.61. The number of benzene rings is 2. The third-order valence-corrected chi connectivity index (χ3v) is 8.10. The van der Waals surface area contributed by atoms with Gasteiger partial charge in [0.05, 0.1) is 30.3 Å². The van der Waals surface area contributed by atoms with Crippen molar-refractivity contribution in [3.8, 4) is 5.75 Å². The number of sulfone groups is 1. The average Bonchev–Trinajstić information content (AvgIpc) is 3.22. The Morgan fingerprint density at radius 2 is 1.94 bits per heavy atom. The quantitative estimate of drug-likeness (QED) is 0.436. The number of rotatable bonds is 6. The highest BCUT2D eigenvalue weighted by molar-refractivity contribution is 7.91. The zero-order valence-corrected chi connectivity index (χ0v) is 19.0. The van der Waals surface area contributed by atoms with Crippen molar-refractivity contribution in [3.05, 3.63) is 42.2 Å². The van der Waals surface area contributed by atoms with E-state index in [1.54, 1.807) is 6.26 Å². The van der Waals surface area contributed by atoms with Crippen LogP contribution in [0.4, 0.5) is 0 Å². The third-order valence-electron chi connectivity index (χ3n) is 6.49. The molecule has 174 valence electrons. The molecule has 2 amide bonds. The van der Waals surface area contributed by atoms with Crippen molar-refractivity contribution in [2.75, 3.05) is 37.7 Å². The lowest BCUT2D eigenvalue weighted by atomic mass is 9.89. The summed E-state index contributed by atoms with van der Waals surface area (Å²) in [4.78, 5) is 26.1. The van der Waals surface area contributed by atoms with E-state index in [4.69, 9.17) is 9.15 Å². The summed E-state index contributed by atoms with van der Waals surface area (Å²) < 4.78 is 34.7.